The topological polar surface area (TPSA) is 73.1 Å². The van der Waals surface area contributed by atoms with Crippen LogP contribution in [0.25, 0.3) is 0 Å². The lowest BCUT2D eigenvalue weighted by Gasteiger charge is -2.21. The standard InChI is InChI=1S/C14H16F3N5O2/c1-4-22(8-9-7-21(2)20-19-9)13(23)10-5-12(14(15,16)17)18-6-11(10)24-3/h5-7H,4,8H2,1-3H3. The SMILES string of the molecule is CCN(Cc1cn(C)nn1)C(=O)c1cc(C(F)(F)F)ncc1OC. The van der Waals surface area contributed by atoms with E-state index in [1.807, 2.05) is 0 Å². The van der Waals surface area contributed by atoms with E-state index in [0.29, 0.717) is 11.8 Å². The van der Waals surface area contributed by atoms with Crippen LogP contribution in [-0.2, 0) is 19.8 Å². The third kappa shape index (κ3) is 3.81. The van der Waals surface area contributed by atoms with Gasteiger partial charge in [-0.2, -0.15) is 13.2 Å². The van der Waals surface area contributed by atoms with E-state index in [0.717, 1.165) is 6.20 Å². The second-order valence-electron chi connectivity index (χ2n) is 4.97. The van der Waals surface area contributed by atoms with Crippen LogP contribution in [0.5, 0.6) is 5.75 Å². The number of hydrogen-bond acceptors (Lipinski definition) is 5. The monoisotopic (exact) mass is 343 g/mol. The molecule has 0 aliphatic carbocycles. The van der Waals surface area contributed by atoms with Crippen molar-refractivity contribution in [3.8, 4) is 5.75 Å². The number of aromatic nitrogens is 4. The van der Waals surface area contributed by atoms with Gasteiger partial charge in [-0.05, 0) is 13.0 Å². The van der Waals surface area contributed by atoms with Gasteiger partial charge in [-0.1, -0.05) is 5.21 Å². The van der Waals surface area contributed by atoms with E-state index in [9.17, 15) is 18.0 Å². The second-order valence-corrected chi connectivity index (χ2v) is 4.97. The van der Waals surface area contributed by atoms with E-state index < -0.39 is 17.8 Å². The van der Waals surface area contributed by atoms with E-state index in [1.165, 1.54) is 16.7 Å². The fourth-order valence-electron chi connectivity index (χ4n) is 2.09. The number of nitrogens with zero attached hydrogens (tertiary/aromatic N) is 5. The Kier molecular flexibility index (Phi) is 5.05. The quantitative estimate of drug-likeness (QED) is 0.829. The summed E-state index contributed by atoms with van der Waals surface area (Å²) in [4.78, 5) is 17.3. The fourth-order valence-corrected chi connectivity index (χ4v) is 2.09. The van der Waals surface area contributed by atoms with Crippen LogP contribution >= 0.6 is 0 Å². The van der Waals surface area contributed by atoms with Crippen molar-refractivity contribution in [1.82, 2.24) is 24.9 Å². The van der Waals surface area contributed by atoms with Crippen molar-refractivity contribution in [3.05, 3.63) is 35.4 Å². The predicted octanol–water partition coefficient (Wildman–Crippen LogP) is 1.90. The zero-order valence-electron chi connectivity index (χ0n) is 13.3. The van der Waals surface area contributed by atoms with Gasteiger partial charge >= 0.3 is 6.18 Å². The van der Waals surface area contributed by atoms with E-state index >= 15 is 0 Å². The summed E-state index contributed by atoms with van der Waals surface area (Å²) in [6, 6.07) is 0.695. The summed E-state index contributed by atoms with van der Waals surface area (Å²) in [5, 5.41) is 7.64. The van der Waals surface area contributed by atoms with Crippen molar-refractivity contribution in [2.45, 2.75) is 19.6 Å². The van der Waals surface area contributed by atoms with E-state index in [-0.39, 0.29) is 24.4 Å². The first-order valence-corrected chi connectivity index (χ1v) is 7.02. The minimum atomic E-state index is -4.65. The predicted molar refractivity (Wildman–Crippen MR) is 77.2 cm³/mol. The summed E-state index contributed by atoms with van der Waals surface area (Å²) < 4.78 is 45.0. The lowest BCUT2D eigenvalue weighted by Crippen LogP contribution is -2.31. The molecule has 130 valence electrons. The lowest BCUT2D eigenvalue weighted by atomic mass is 10.1. The zero-order valence-corrected chi connectivity index (χ0v) is 13.3. The Hall–Kier alpha value is -2.65. The van der Waals surface area contributed by atoms with Crippen LogP contribution < -0.4 is 4.74 Å². The van der Waals surface area contributed by atoms with Crippen molar-refractivity contribution in [2.24, 2.45) is 7.05 Å². The number of pyridine rings is 1. The molecule has 0 N–H and O–H groups in total. The van der Waals surface area contributed by atoms with Crippen LogP contribution in [0, 0.1) is 0 Å². The van der Waals surface area contributed by atoms with Crippen LogP contribution in [0.3, 0.4) is 0 Å². The van der Waals surface area contributed by atoms with Crippen molar-refractivity contribution in [3.63, 3.8) is 0 Å². The molecule has 0 spiro atoms. The Balaban J connectivity index is 2.34. The van der Waals surface area contributed by atoms with Crippen LogP contribution in [0.1, 0.15) is 28.7 Å². The smallest absolute Gasteiger partial charge is 0.433 e. The Labute approximate surface area is 136 Å². The van der Waals surface area contributed by atoms with Crippen LogP contribution in [0.15, 0.2) is 18.5 Å². The first-order chi connectivity index (χ1) is 11.3. The maximum Gasteiger partial charge on any atom is 0.433 e. The summed E-state index contributed by atoms with van der Waals surface area (Å²) in [5.74, 6) is -0.626. The fraction of sp³-hybridized carbons (Fsp3) is 0.429. The highest BCUT2D eigenvalue weighted by Crippen LogP contribution is 2.31. The number of alkyl halides is 3. The molecule has 0 aliphatic heterocycles. The highest BCUT2D eigenvalue weighted by molar-refractivity contribution is 5.97. The number of halogens is 3. The van der Waals surface area contributed by atoms with Crippen LogP contribution in [0.4, 0.5) is 13.2 Å². The molecule has 0 saturated carbocycles. The molecule has 0 unspecified atom stereocenters. The van der Waals surface area contributed by atoms with Crippen molar-refractivity contribution in [2.75, 3.05) is 13.7 Å². The molecule has 10 heteroatoms. The molecule has 2 heterocycles. The first-order valence-electron chi connectivity index (χ1n) is 7.02. The summed E-state index contributed by atoms with van der Waals surface area (Å²) in [7, 11) is 2.94. The molecule has 0 bridgehead atoms. The molecule has 0 aromatic carbocycles. The van der Waals surface area contributed by atoms with Gasteiger partial charge in [-0.3, -0.25) is 9.48 Å². The van der Waals surface area contributed by atoms with E-state index in [4.69, 9.17) is 4.74 Å². The molecule has 1 amide bonds. The van der Waals surface area contributed by atoms with Crippen LogP contribution in [-0.4, -0.2) is 44.4 Å². The van der Waals surface area contributed by atoms with Crippen LogP contribution in [0.2, 0.25) is 0 Å². The molecule has 0 saturated heterocycles. The molecule has 2 rings (SSSR count). The molecule has 0 fully saturated rings. The van der Waals surface area contributed by atoms with Gasteiger partial charge in [0.2, 0.25) is 0 Å². The lowest BCUT2D eigenvalue weighted by molar-refractivity contribution is -0.141. The number of rotatable bonds is 5. The van der Waals surface area contributed by atoms with Gasteiger partial charge < -0.3 is 9.64 Å². The molecule has 0 radical (unpaired) electrons. The summed E-state index contributed by atoms with van der Waals surface area (Å²) in [6.07, 6.45) is -2.13. The Morgan fingerprint density at radius 1 is 1.42 bits per heavy atom. The second kappa shape index (κ2) is 6.85. The largest absolute Gasteiger partial charge is 0.494 e. The minimum Gasteiger partial charge on any atom is -0.494 e. The number of carbonyl (C=O) groups is 1. The maximum atomic E-state index is 12.9. The Bertz CT molecular complexity index is 729. The Morgan fingerprint density at radius 3 is 2.62 bits per heavy atom. The molecular formula is C14H16F3N5O2. The molecule has 7 nitrogen and oxygen atoms in total. The number of aryl methyl sites for hydroxylation is 1. The molecule has 2 aromatic rings. The van der Waals surface area contributed by atoms with Gasteiger partial charge in [0.1, 0.15) is 17.1 Å². The van der Waals surface area contributed by atoms with Gasteiger partial charge in [-0.25, -0.2) is 4.98 Å². The highest BCUT2D eigenvalue weighted by Gasteiger charge is 2.34. The highest BCUT2D eigenvalue weighted by atomic mass is 19.4. The number of methoxy groups -OCH3 is 1. The average molecular weight is 343 g/mol. The van der Waals surface area contributed by atoms with E-state index in [2.05, 4.69) is 15.3 Å². The van der Waals surface area contributed by atoms with Gasteiger partial charge in [0.05, 0.1) is 25.4 Å². The first kappa shape index (κ1) is 17.7. The number of ether oxygens (including phenoxy) is 1. The normalized spacial score (nSPS) is 11.4. The summed E-state index contributed by atoms with van der Waals surface area (Å²) >= 11 is 0. The number of amides is 1. The molecule has 0 aliphatic rings. The van der Waals surface area contributed by atoms with Crippen molar-refractivity contribution in [1.29, 1.82) is 0 Å². The molecular weight excluding hydrogens is 327 g/mol. The summed E-state index contributed by atoms with van der Waals surface area (Å²) in [6.45, 7) is 2.12. The molecule has 2 aromatic heterocycles. The van der Waals surface area contributed by atoms with Gasteiger partial charge in [0.15, 0.2) is 0 Å². The minimum absolute atomic E-state index is 0.0226. The van der Waals surface area contributed by atoms with Gasteiger partial charge in [0.25, 0.3) is 5.91 Å². The van der Waals surface area contributed by atoms with Gasteiger partial charge in [0, 0.05) is 19.8 Å². The van der Waals surface area contributed by atoms with Crippen molar-refractivity contribution >= 4 is 5.91 Å². The maximum absolute atomic E-state index is 12.9. The zero-order chi connectivity index (χ0) is 17.9. The third-order valence-electron chi connectivity index (χ3n) is 3.28. The molecule has 24 heavy (non-hydrogen) atoms. The van der Waals surface area contributed by atoms with Gasteiger partial charge in [-0.15, -0.1) is 5.10 Å². The summed E-state index contributed by atoms with van der Waals surface area (Å²) in [5.41, 5.74) is -0.829. The van der Waals surface area contributed by atoms with E-state index in [1.54, 1.807) is 20.2 Å². The Morgan fingerprint density at radius 2 is 2.12 bits per heavy atom. The van der Waals surface area contributed by atoms with Crippen molar-refractivity contribution < 1.29 is 22.7 Å². The number of carbonyl (C=O) groups excluding carboxylic acids is 1. The third-order valence-corrected chi connectivity index (χ3v) is 3.28. The number of hydrogen-bond donors (Lipinski definition) is 0. The molecule has 0 atom stereocenters. The average Bonchev–Trinajstić information content (AvgIpc) is 2.95.